The predicted molar refractivity (Wildman–Crippen MR) is 116 cm³/mol. The number of fused-ring (bicyclic) bond motifs is 1. The van der Waals surface area contributed by atoms with Crippen LogP contribution in [0.15, 0.2) is 40.9 Å². The van der Waals surface area contributed by atoms with Gasteiger partial charge in [-0.25, -0.2) is 18.2 Å². The van der Waals surface area contributed by atoms with Gasteiger partial charge >= 0.3 is 5.97 Å². The summed E-state index contributed by atoms with van der Waals surface area (Å²) >= 11 is 1.19. The first-order valence-corrected chi connectivity index (χ1v) is 11.8. The van der Waals surface area contributed by atoms with Crippen LogP contribution in [-0.4, -0.2) is 79.3 Å². The average Bonchev–Trinajstić information content (AvgIpc) is 3.40. The molecule has 4 heterocycles. The van der Waals surface area contributed by atoms with Crippen LogP contribution < -0.4 is 5.32 Å². The van der Waals surface area contributed by atoms with Gasteiger partial charge in [-0.05, 0) is 23.6 Å². The molecule has 0 radical (unpaired) electrons. The highest BCUT2D eigenvalue weighted by molar-refractivity contribution is 7.89. The first-order chi connectivity index (χ1) is 14.9. The maximum Gasteiger partial charge on any atom is 0.350 e. The van der Waals surface area contributed by atoms with Gasteiger partial charge in [0.2, 0.25) is 15.9 Å². The second kappa shape index (κ2) is 8.75. The molecule has 0 aliphatic carbocycles. The van der Waals surface area contributed by atoms with E-state index in [4.69, 9.17) is 4.74 Å². The largest absolute Gasteiger partial charge is 0.465 e. The fourth-order valence-corrected chi connectivity index (χ4v) is 5.80. The van der Waals surface area contributed by atoms with E-state index in [2.05, 4.69) is 15.3 Å². The number of sulfonamides is 1. The van der Waals surface area contributed by atoms with Gasteiger partial charge in [-0.2, -0.15) is 4.31 Å². The molecule has 1 saturated heterocycles. The standard InChI is InChI=1S/C19H21N5O5S2/c1-29-19(26)17-14(4-10-30-17)22-16(25)12-23-6-8-24(9-7-23)31(27,28)15-11-21-18-13(15)3-2-5-20-18/h2-5,10-11H,6-9,12H2,1H3,(H,20,21)(H,22,25). The average molecular weight is 464 g/mol. The van der Waals surface area contributed by atoms with Gasteiger partial charge in [0.15, 0.2) is 0 Å². The first-order valence-electron chi connectivity index (χ1n) is 9.50. The lowest BCUT2D eigenvalue weighted by Gasteiger charge is -2.33. The number of amides is 1. The topological polar surface area (TPSA) is 125 Å². The molecule has 4 rings (SSSR count). The van der Waals surface area contributed by atoms with Gasteiger partial charge < -0.3 is 15.0 Å². The molecular formula is C19H21N5O5S2. The van der Waals surface area contributed by atoms with E-state index in [1.165, 1.54) is 28.9 Å². The quantitative estimate of drug-likeness (QED) is 0.529. The van der Waals surface area contributed by atoms with Crippen LogP contribution in [0.4, 0.5) is 5.69 Å². The molecule has 0 atom stereocenters. The van der Waals surface area contributed by atoms with E-state index in [1.54, 1.807) is 29.8 Å². The Kier molecular flexibility index (Phi) is 6.05. The number of nitrogens with one attached hydrogen (secondary N) is 2. The molecule has 1 aliphatic heterocycles. The lowest BCUT2D eigenvalue weighted by Crippen LogP contribution is -2.50. The minimum absolute atomic E-state index is 0.0986. The molecule has 0 saturated carbocycles. The number of esters is 1. The Balaban J connectivity index is 1.36. The smallest absolute Gasteiger partial charge is 0.350 e. The Bertz CT molecular complexity index is 1210. The van der Waals surface area contributed by atoms with Crippen LogP contribution in [0.1, 0.15) is 9.67 Å². The van der Waals surface area contributed by atoms with Crippen molar-refractivity contribution in [3.05, 3.63) is 40.8 Å². The Labute approximate surface area is 182 Å². The Morgan fingerprint density at radius 1 is 1.26 bits per heavy atom. The van der Waals surface area contributed by atoms with Gasteiger partial charge in [-0.3, -0.25) is 9.69 Å². The fraction of sp³-hybridized carbons (Fsp3) is 0.316. The van der Waals surface area contributed by atoms with Crippen molar-refractivity contribution in [2.75, 3.05) is 45.2 Å². The number of pyridine rings is 1. The lowest BCUT2D eigenvalue weighted by molar-refractivity contribution is -0.117. The van der Waals surface area contributed by atoms with E-state index in [-0.39, 0.29) is 30.4 Å². The fourth-order valence-electron chi connectivity index (χ4n) is 3.46. The van der Waals surface area contributed by atoms with Crippen molar-refractivity contribution in [1.82, 2.24) is 19.2 Å². The summed E-state index contributed by atoms with van der Waals surface area (Å²) in [5.74, 6) is -0.779. The Morgan fingerprint density at radius 3 is 2.77 bits per heavy atom. The van der Waals surface area contributed by atoms with Crippen molar-refractivity contribution in [1.29, 1.82) is 0 Å². The number of anilines is 1. The van der Waals surface area contributed by atoms with Crippen molar-refractivity contribution < 1.29 is 22.7 Å². The van der Waals surface area contributed by atoms with Crippen LogP contribution in [0.2, 0.25) is 0 Å². The summed E-state index contributed by atoms with van der Waals surface area (Å²) in [5, 5.41) is 4.98. The summed E-state index contributed by atoms with van der Waals surface area (Å²) in [7, 11) is -2.39. The minimum atomic E-state index is -3.67. The van der Waals surface area contributed by atoms with E-state index in [0.29, 0.717) is 34.7 Å². The molecule has 0 bridgehead atoms. The highest BCUT2D eigenvalue weighted by Crippen LogP contribution is 2.25. The lowest BCUT2D eigenvalue weighted by atomic mass is 10.3. The van der Waals surface area contributed by atoms with Gasteiger partial charge in [0.05, 0.1) is 19.3 Å². The van der Waals surface area contributed by atoms with Gasteiger partial charge in [-0.1, -0.05) is 0 Å². The molecule has 0 aromatic carbocycles. The number of hydrogen-bond donors (Lipinski definition) is 2. The normalized spacial score (nSPS) is 15.8. The third kappa shape index (κ3) is 4.32. The van der Waals surface area contributed by atoms with Crippen molar-refractivity contribution in [3.8, 4) is 0 Å². The molecule has 10 nitrogen and oxygen atoms in total. The number of methoxy groups -OCH3 is 1. The third-order valence-corrected chi connectivity index (χ3v) is 7.87. The molecule has 2 N–H and O–H groups in total. The number of aromatic amines is 1. The zero-order valence-corrected chi connectivity index (χ0v) is 18.3. The number of rotatable bonds is 6. The van der Waals surface area contributed by atoms with E-state index in [9.17, 15) is 18.0 Å². The summed E-state index contributed by atoms with van der Waals surface area (Å²) in [6.45, 7) is 1.48. The second-order valence-electron chi connectivity index (χ2n) is 6.94. The number of thiophene rings is 1. The molecule has 31 heavy (non-hydrogen) atoms. The van der Waals surface area contributed by atoms with Crippen molar-refractivity contribution in [2.45, 2.75) is 4.90 Å². The number of nitrogens with zero attached hydrogens (tertiary/aromatic N) is 3. The molecule has 1 amide bonds. The summed E-state index contributed by atoms with van der Waals surface area (Å²) in [5.41, 5.74) is 0.937. The summed E-state index contributed by atoms with van der Waals surface area (Å²) in [6, 6.07) is 5.07. The first kappa shape index (κ1) is 21.4. The number of aromatic nitrogens is 2. The molecule has 1 aliphatic rings. The Morgan fingerprint density at radius 2 is 2.03 bits per heavy atom. The molecule has 3 aromatic heterocycles. The maximum atomic E-state index is 13.1. The molecule has 3 aromatic rings. The van der Waals surface area contributed by atoms with Crippen molar-refractivity contribution >= 4 is 50.0 Å². The zero-order chi connectivity index (χ0) is 22.0. The van der Waals surface area contributed by atoms with Crippen LogP contribution in [-0.2, 0) is 19.6 Å². The van der Waals surface area contributed by atoms with E-state index >= 15 is 0 Å². The van der Waals surface area contributed by atoms with Crippen LogP contribution in [0.5, 0.6) is 0 Å². The van der Waals surface area contributed by atoms with E-state index < -0.39 is 16.0 Å². The van der Waals surface area contributed by atoms with Crippen LogP contribution in [0.25, 0.3) is 11.0 Å². The predicted octanol–water partition coefficient (Wildman–Crippen LogP) is 1.36. The molecule has 0 unspecified atom stereocenters. The van der Waals surface area contributed by atoms with Crippen LogP contribution in [0.3, 0.4) is 0 Å². The minimum Gasteiger partial charge on any atom is -0.465 e. The number of H-pyrrole nitrogens is 1. The summed E-state index contributed by atoms with van der Waals surface area (Å²) in [4.78, 5) is 33.6. The highest BCUT2D eigenvalue weighted by Gasteiger charge is 2.31. The summed E-state index contributed by atoms with van der Waals surface area (Å²) in [6.07, 6.45) is 3.07. The maximum absolute atomic E-state index is 13.1. The van der Waals surface area contributed by atoms with Crippen LogP contribution >= 0.6 is 11.3 Å². The number of piperazine rings is 1. The Hall–Kier alpha value is -2.80. The molecule has 12 heteroatoms. The third-order valence-electron chi connectivity index (χ3n) is 5.04. The van der Waals surface area contributed by atoms with E-state index in [0.717, 1.165) is 0 Å². The van der Waals surface area contributed by atoms with Gasteiger partial charge in [-0.15, -0.1) is 11.3 Å². The van der Waals surface area contributed by atoms with Gasteiger partial charge in [0.1, 0.15) is 15.4 Å². The molecule has 0 spiro atoms. The highest BCUT2D eigenvalue weighted by atomic mass is 32.2. The van der Waals surface area contributed by atoms with Gasteiger partial charge in [0.25, 0.3) is 0 Å². The second-order valence-corrected chi connectivity index (χ2v) is 9.76. The molecule has 164 valence electrons. The zero-order valence-electron chi connectivity index (χ0n) is 16.7. The molecule has 1 fully saturated rings. The van der Waals surface area contributed by atoms with E-state index in [1.807, 2.05) is 4.90 Å². The number of hydrogen-bond acceptors (Lipinski definition) is 8. The van der Waals surface area contributed by atoms with Crippen molar-refractivity contribution in [3.63, 3.8) is 0 Å². The number of carbonyl (C=O) groups is 2. The van der Waals surface area contributed by atoms with Crippen molar-refractivity contribution in [2.24, 2.45) is 0 Å². The summed E-state index contributed by atoms with van der Waals surface area (Å²) < 4.78 is 32.3. The molecular weight excluding hydrogens is 442 g/mol. The SMILES string of the molecule is COC(=O)c1sccc1NC(=O)CN1CCN(S(=O)(=O)c2c[nH]c3ncccc23)CC1. The number of ether oxygens (including phenoxy) is 1. The van der Waals surface area contributed by atoms with Gasteiger partial charge in [0, 0.05) is 44.0 Å². The number of carbonyl (C=O) groups excluding carboxylic acids is 2. The monoisotopic (exact) mass is 463 g/mol. The van der Waals surface area contributed by atoms with Crippen LogP contribution in [0, 0.1) is 0 Å².